The van der Waals surface area contributed by atoms with E-state index in [0.29, 0.717) is 25.7 Å². The highest BCUT2D eigenvalue weighted by atomic mass is 31.2. The Morgan fingerprint density at radius 3 is 0.726 bits per heavy atom. The second-order valence-corrected chi connectivity index (χ2v) is 31.1. The first kappa shape index (κ1) is 107. The number of carbonyl (C=O) groups is 3. The number of phosphoric ester groups is 2. The number of carbonyl (C=O) groups excluding carboxylic acids is 3. The summed E-state index contributed by atoms with van der Waals surface area (Å²) in [6.45, 7) is 2.26. The van der Waals surface area contributed by atoms with Gasteiger partial charge < -0.3 is 34.2 Å². The summed E-state index contributed by atoms with van der Waals surface area (Å²) in [5, 5.41) is 20.7. The summed E-state index contributed by atoms with van der Waals surface area (Å²) in [5.74, 6) is -1.66. The third-order valence-corrected chi connectivity index (χ3v) is 19.4. The molecule has 18 heteroatoms. The highest BCUT2D eigenvalue weighted by molar-refractivity contribution is 7.47. The van der Waals surface area contributed by atoms with Crippen LogP contribution in [0.4, 0.5) is 0 Å². The summed E-state index contributed by atoms with van der Waals surface area (Å²) >= 11 is 0. The Morgan fingerprint density at radius 2 is 0.451 bits per heavy atom. The van der Waals surface area contributed by atoms with Gasteiger partial charge in [-0.25, -0.2) is 9.13 Å². The molecule has 0 aromatic heterocycles. The van der Waals surface area contributed by atoms with Crippen LogP contribution in [0.3, 0.4) is 0 Å². The molecule has 5 unspecified atom stereocenters. The number of allylic oxidation sites excluding steroid dienone is 34. The van der Waals surface area contributed by atoms with Crippen molar-refractivity contribution >= 4 is 33.6 Å². The van der Waals surface area contributed by atoms with Crippen LogP contribution in [-0.2, 0) is 55.8 Å². The van der Waals surface area contributed by atoms with Gasteiger partial charge in [0.25, 0.3) is 0 Å². The maximum atomic E-state index is 13.0. The van der Waals surface area contributed by atoms with E-state index >= 15 is 0 Å². The van der Waals surface area contributed by atoms with Gasteiger partial charge in [0.05, 0.1) is 26.4 Å². The summed E-state index contributed by atoms with van der Waals surface area (Å²) < 4.78 is 61.3. The van der Waals surface area contributed by atoms with Gasteiger partial charge in [0.15, 0.2) is 6.10 Å². The van der Waals surface area contributed by atoms with Crippen LogP contribution in [0.5, 0.6) is 0 Å². The van der Waals surface area contributed by atoms with E-state index in [9.17, 15) is 43.5 Å². The van der Waals surface area contributed by atoms with Crippen molar-refractivity contribution in [1.29, 1.82) is 0 Å². The highest BCUT2D eigenvalue weighted by Crippen LogP contribution is 2.45. The predicted octanol–water partition coefficient (Wildman–Crippen LogP) is 26.4. The number of hydrogen-bond acceptors (Lipinski definition) is 14. The van der Waals surface area contributed by atoms with E-state index < -0.39 is 91.5 Å². The molecule has 0 rings (SSSR count). The lowest BCUT2D eigenvalue weighted by Crippen LogP contribution is -2.30. The van der Waals surface area contributed by atoms with Crippen molar-refractivity contribution in [3.63, 3.8) is 0 Å². The van der Waals surface area contributed by atoms with E-state index in [2.05, 4.69) is 215 Å². The summed E-state index contributed by atoms with van der Waals surface area (Å²) in [5.41, 5.74) is 0. The summed E-state index contributed by atoms with van der Waals surface area (Å²) in [7, 11) is -9.83. The van der Waals surface area contributed by atoms with Crippen LogP contribution < -0.4 is 0 Å². The topological polar surface area (TPSA) is 231 Å². The minimum absolute atomic E-state index is 0.0182. The van der Waals surface area contributed by atoms with Crippen LogP contribution in [-0.4, -0.2) is 95.9 Å². The molecule has 0 aliphatic carbocycles. The van der Waals surface area contributed by atoms with Gasteiger partial charge in [-0.3, -0.25) is 32.5 Å². The van der Waals surface area contributed by atoms with Crippen molar-refractivity contribution in [3.05, 3.63) is 207 Å². The number of aliphatic hydroxyl groups excluding tert-OH is 2. The Bertz CT molecular complexity index is 2880. The summed E-state index contributed by atoms with van der Waals surface area (Å²) in [4.78, 5) is 58.8. The molecule has 5 atom stereocenters. The van der Waals surface area contributed by atoms with Crippen LogP contribution in [0, 0.1) is 0 Å². The van der Waals surface area contributed by atoms with Gasteiger partial charge in [-0.1, -0.05) is 343 Å². The molecule has 0 spiro atoms. The maximum Gasteiger partial charge on any atom is 0.472 e. The van der Waals surface area contributed by atoms with Crippen LogP contribution in [0.25, 0.3) is 0 Å². The van der Waals surface area contributed by atoms with Gasteiger partial charge in [0.2, 0.25) is 0 Å². The molecule has 0 amide bonds. The van der Waals surface area contributed by atoms with Crippen molar-refractivity contribution < 1.29 is 75.8 Å². The minimum Gasteiger partial charge on any atom is -0.463 e. The molecule has 16 nitrogen and oxygen atoms in total. The molecule has 0 saturated heterocycles. The lowest BCUT2D eigenvalue weighted by Gasteiger charge is -2.21. The van der Waals surface area contributed by atoms with Gasteiger partial charge in [0.1, 0.15) is 25.4 Å². The van der Waals surface area contributed by atoms with E-state index in [0.717, 1.165) is 167 Å². The summed E-state index contributed by atoms with van der Waals surface area (Å²) in [6, 6.07) is 0. The fourth-order valence-electron chi connectivity index (χ4n) is 11.0. The fraction of sp³-hybridized carbons (Fsp3) is 0.611. The molecule has 0 heterocycles. The van der Waals surface area contributed by atoms with Gasteiger partial charge in [-0.2, -0.15) is 0 Å². The maximum absolute atomic E-state index is 13.0. The number of unbranched alkanes of at least 4 members (excludes halogenated alkanes) is 23. The Balaban J connectivity index is 4.60. The first-order chi connectivity index (χ1) is 55.2. The Labute approximate surface area is 686 Å². The van der Waals surface area contributed by atoms with Gasteiger partial charge in [-0.15, -0.1) is 0 Å². The van der Waals surface area contributed by atoms with Crippen LogP contribution in [0.2, 0.25) is 0 Å². The van der Waals surface area contributed by atoms with E-state index in [4.69, 9.17) is 32.3 Å². The van der Waals surface area contributed by atoms with Crippen molar-refractivity contribution in [2.75, 3.05) is 39.6 Å². The number of esters is 3. The number of phosphoric acid groups is 2. The smallest absolute Gasteiger partial charge is 0.463 e. The largest absolute Gasteiger partial charge is 0.472 e. The normalized spacial score (nSPS) is 14.9. The third kappa shape index (κ3) is 86.8. The highest BCUT2D eigenvalue weighted by Gasteiger charge is 2.29. The molecule has 0 bridgehead atoms. The average Bonchev–Trinajstić information content (AvgIpc) is 0.901. The molecule has 113 heavy (non-hydrogen) atoms. The zero-order valence-corrected chi connectivity index (χ0v) is 72.0. The first-order valence-corrected chi connectivity index (χ1v) is 46.4. The van der Waals surface area contributed by atoms with Crippen molar-refractivity contribution in [2.45, 2.75) is 334 Å². The minimum atomic E-state index is -4.96. The quantitative estimate of drug-likeness (QED) is 0.0146. The lowest BCUT2D eigenvalue weighted by atomic mass is 10.0. The molecule has 0 aromatic carbocycles. The van der Waals surface area contributed by atoms with Crippen molar-refractivity contribution in [3.8, 4) is 0 Å². The molecule has 0 radical (unpaired) electrons. The second kappa shape index (κ2) is 85.5. The fourth-order valence-corrected chi connectivity index (χ4v) is 12.6. The second-order valence-electron chi connectivity index (χ2n) is 28.2. The molecular formula is C95H154O16P2. The van der Waals surface area contributed by atoms with E-state index in [-0.39, 0.29) is 19.3 Å². The molecule has 0 aliphatic rings. The standard InChI is InChI=1S/C95H154O16P2/c1-4-7-10-13-16-19-22-25-28-31-33-35-37-39-41-43-44-46-48-49-51-53-55-58-60-63-66-69-72-75-78-81-93(98)105-84-90(96)85-107-112(101,102)108-86-91(97)87-109-113(103,104)110-89-92(111-95(100)83-80-77-74-71-68-65-62-57-30-27-24-21-18-15-12-9-6-3)88-106-94(99)82-79-76-73-70-67-64-61-59-56-54-52-50-47-45-42-40-38-36-34-32-29-26-23-20-17-14-11-8-5-2/h7-12,16-21,25-30,33-36,39-42,44,46-47,50,62,65,71,74,90-92,96-97H,4-6,13-15,22-24,31-32,37-38,43,45,48-49,51-61,63-64,66-70,72-73,75-89H2,1-3H3,(H,101,102)(H,103,104)/b10-7-,11-8-,12-9-,19-16-,20-17-,21-18-,28-25-,29-26-,30-27-,35-33-,36-34-,41-39-,42-40-,46-44-,50-47-,65-62-,74-71-. The predicted molar refractivity (Wildman–Crippen MR) is 472 cm³/mol. The summed E-state index contributed by atoms with van der Waals surface area (Å²) in [6.07, 6.45) is 115. The van der Waals surface area contributed by atoms with Crippen LogP contribution in [0.15, 0.2) is 207 Å². The monoisotopic (exact) mass is 1610 g/mol. The molecule has 0 saturated carbocycles. The van der Waals surface area contributed by atoms with Crippen LogP contribution in [0.1, 0.15) is 316 Å². The zero-order chi connectivity index (χ0) is 82.2. The number of hydrogen-bond donors (Lipinski definition) is 4. The molecule has 640 valence electrons. The Kier molecular flexibility index (Phi) is 81.1. The van der Waals surface area contributed by atoms with Gasteiger partial charge >= 0.3 is 33.6 Å². The van der Waals surface area contributed by atoms with Gasteiger partial charge in [-0.05, 0) is 161 Å². The first-order valence-electron chi connectivity index (χ1n) is 43.4. The average molecular weight is 1610 g/mol. The van der Waals surface area contributed by atoms with Crippen LogP contribution >= 0.6 is 15.6 Å². The number of ether oxygens (including phenoxy) is 3. The lowest BCUT2D eigenvalue weighted by molar-refractivity contribution is -0.161. The van der Waals surface area contributed by atoms with E-state index in [1.165, 1.54) is 83.5 Å². The SMILES string of the molecule is CC/C=C\C/C=C\C/C=C\C/C=C\C/C=C\C/C=C\CCCCCCCCCCCCCCC(=O)OCC(O)COP(=O)(O)OCC(O)COP(=O)(O)OCC(COC(=O)CCCCCCCCCCCC/C=C\C/C=C\C/C=C\C/C=C\C/C=C\C/C=C\CC)OC(=O)CCC/C=C\C/C=C\C/C=C\C/C=C\C/C=C\CC. The number of aliphatic hydroxyl groups is 2. The van der Waals surface area contributed by atoms with Crippen molar-refractivity contribution in [1.82, 2.24) is 0 Å². The molecule has 0 fully saturated rings. The molecule has 0 aromatic rings. The zero-order valence-electron chi connectivity index (χ0n) is 70.2. The van der Waals surface area contributed by atoms with E-state index in [1.807, 2.05) is 12.2 Å². The Hall–Kier alpha value is -5.87. The van der Waals surface area contributed by atoms with Gasteiger partial charge in [0, 0.05) is 19.3 Å². The van der Waals surface area contributed by atoms with E-state index in [1.54, 1.807) is 0 Å². The third-order valence-electron chi connectivity index (χ3n) is 17.5. The molecule has 0 aliphatic heterocycles. The molecule has 4 N–H and O–H groups in total. The Morgan fingerprint density at radius 1 is 0.248 bits per heavy atom. The van der Waals surface area contributed by atoms with Crippen molar-refractivity contribution in [2.24, 2.45) is 0 Å². The number of rotatable bonds is 80. The molecular weight excluding hydrogens is 1460 g/mol.